The molecule has 2 rings (SSSR count). The van der Waals surface area contributed by atoms with Gasteiger partial charge in [-0.2, -0.15) is 18.3 Å². The molecule has 1 aromatic heterocycles. The van der Waals surface area contributed by atoms with Crippen LogP contribution in [0.15, 0.2) is 30.6 Å². The van der Waals surface area contributed by atoms with Crippen LogP contribution in [0.1, 0.15) is 21.5 Å². The molecule has 0 N–H and O–H groups in total. The van der Waals surface area contributed by atoms with Crippen LogP contribution in [-0.4, -0.2) is 21.7 Å². The first kappa shape index (κ1) is 14.2. The summed E-state index contributed by atoms with van der Waals surface area (Å²) < 4.78 is 50.9. The summed E-state index contributed by atoms with van der Waals surface area (Å²) in [6.07, 6.45) is -3.02. The Balaban J connectivity index is 2.20. The number of benzene rings is 1. The Kier molecular flexibility index (Phi) is 3.61. The van der Waals surface area contributed by atoms with Crippen LogP contribution in [0.5, 0.6) is 0 Å². The third-order valence-corrected chi connectivity index (χ3v) is 2.79. The average molecular weight is 286 g/mol. The summed E-state index contributed by atoms with van der Waals surface area (Å²) in [6, 6.07) is 4.10. The van der Waals surface area contributed by atoms with E-state index in [-0.39, 0.29) is 12.4 Å². The molecule has 1 heterocycles. The molecule has 3 nitrogen and oxygen atoms in total. The predicted molar refractivity (Wildman–Crippen MR) is 62.9 cm³/mol. The van der Waals surface area contributed by atoms with Gasteiger partial charge < -0.3 is 0 Å². The molecule has 0 aliphatic heterocycles. The third-order valence-electron chi connectivity index (χ3n) is 2.79. The Morgan fingerprint density at radius 2 is 2.05 bits per heavy atom. The summed E-state index contributed by atoms with van der Waals surface area (Å²) >= 11 is 0. The van der Waals surface area contributed by atoms with Gasteiger partial charge in [-0.25, -0.2) is 4.39 Å². The van der Waals surface area contributed by atoms with E-state index in [1.807, 2.05) is 0 Å². The van der Waals surface area contributed by atoms with E-state index in [1.54, 1.807) is 6.92 Å². The lowest BCUT2D eigenvalue weighted by molar-refractivity contribution is -0.0885. The van der Waals surface area contributed by atoms with Gasteiger partial charge in [0.1, 0.15) is 5.82 Å². The number of carbonyl (C=O) groups excluding carboxylic acids is 1. The molecule has 0 aliphatic carbocycles. The van der Waals surface area contributed by atoms with Crippen molar-refractivity contribution in [1.82, 2.24) is 9.78 Å². The Morgan fingerprint density at radius 3 is 2.65 bits per heavy atom. The fraction of sp³-hybridized carbons (Fsp3) is 0.231. The largest absolute Gasteiger partial charge is 0.454 e. The fourth-order valence-corrected chi connectivity index (χ4v) is 1.74. The monoisotopic (exact) mass is 286 g/mol. The molecule has 0 aliphatic rings. The topological polar surface area (TPSA) is 34.9 Å². The van der Waals surface area contributed by atoms with Crippen molar-refractivity contribution in [3.05, 3.63) is 53.1 Å². The van der Waals surface area contributed by atoms with Gasteiger partial charge in [-0.15, -0.1) is 0 Å². The number of aryl methyl sites for hydroxylation is 1. The second-order valence-corrected chi connectivity index (χ2v) is 4.32. The maximum absolute atomic E-state index is 12.9. The predicted octanol–water partition coefficient (Wildman–Crippen LogP) is 3.12. The normalized spacial score (nSPS) is 11.7. The van der Waals surface area contributed by atoms with E-state index < -0.39 is 17.5 Å². The van der Waals surface area contributed by atoms with E-state index >= 15 is 0 Å². The number of aromatic nitrogens is 2. The van der Waals surface area contributed by atoms with Gasteiger partial charge in [0.15, 0.2) is 0 Å². The zero-order valence-electron chi connectivity index (χ0n) is 10.4. The van der Waals surface area contributed by atoms with Crippen molar-refractivity contribution in [2.24, 2.45) is 0 Å². The van der Waals surface area contributed by atoms with E-state index in [1.165, 1.54) is 22.9 Å². The van der Waals surface area contributed by atoms with Crippen molar-refractivity contribution in [2.75, 3.05) is 0 Å². The van der Waals surface area contributed by atoms with E-state index in [2.05, 4.69) is 5.10 Å². The quantitative estimate of drug-likeness (QED) is 0.642. The number of nitrogens with zero attached hydrogens (tertiary/aromatic N) is 2. The molecular weight excluding hydrogens is 276 g/mol. The van der Waals surface area contributed by atoms with Gasteiger partial charge in [0.25, 0.3) is 5.78 Å². The molecule has 0 radical (unpaired) electrons. The summed E-state index contributed by atoms with van der Waals surface area (Å²) in [6.45, 7) is 1.85. The van der Waals surface area contributed by atoms with Crippen LogP contribution in [0.25, 0.3) is 0 Å². The van der Waals surface area contributed by atoms with Gasteiger partial charge in [-0.05, 0) is 30.2 Å². The summed E-state index contributed by atoms with van der Waals surface area (Å²) in [5.41, 5.74) is 0.849. The fourth-order valence-electron chi connectivity index (χ4n) is 1.74. The molecule has 0 bridgehead atoms. The Labute approximate surface area is 111 Å². The summed E-state index contributed by atoms with van der Waals surface area (Å²) in [4.78, 5) is 11.0. The van der Waals surface area contributed by atoms with Crippen LogP contribution in [-0.2, 0) is 6.54 Å². The third kappa shape index (κ3) is 3.04. The molecule has 106 valence electrons. The van der Waals surface area contributed by atoms with Gasteiger partial charge in [0, 0.05) is 6.20 Å². The van der Waals surface area contributed by atoms with Crippen LogP contribution in [0.2, 0.25) is 0 Å². The van der Waals surface area contributed by atoms with E-state index in [0.717, 1.165) is 12.4 Å². The molecule has 7 heteroatoms. The van der Waals surface area contributed by atoms with Crippen LogP contribution in [0.3, 0.4) is 0 Å². The van der Waals surface area contributed by atoms with Crippen molar-refractivity contribution >= 4 is 5.78 Å². The minimum atomic E-state index is -4.92. The smallest absolute Gasteiger partial charge is 0.284 e. The number of alkyl halides is 3. The van der Waals surface area contributed by atoms with Gasteiger partial charge in [-0.3, -0.25) is 9.48 Å². The van der Waals surface area contributed by atoms with Crippen molar-refractivity contribution in [3.8, 4) is 0 Å². The van der Waals surface area contributed by atoms with Crippen LogP contribution >= 0.6 is 0 Å². The van der Waals surface area contributed by atoms with Crippen LogP contribution in [0.4, 0.5) is 17.6 Å². The summed E-state index contributed by atoms with van der Waals surface area (Å²) in [7, 11) is 0. The second kappa shape index (κ2) is 5.07. The minimum absolute atomic E-state index is 0.164. The van der Waals surface area contributed by atoms with Gasteiger partial charge >= 0.3 is 6.18 Å². The molecule has 0 atom stereocenters. The molecule has 0 saturated heterocycles. The molecule has 0 amide bonds. The number of ketones is 1. The van der Waals surface area contributed by atoms with E-state index in [4.69, 9.17) is 0 Å². The van der Waals surface area contributed by atoms with E-state index in [0.29, 0.717) is 11.1 Å². The first-order valence-electron chi connectivity index (χ1n) is 5.66. The van der Waals surface area contributed by atoms with Gasteiger partial charge in [0.05, 0.1) is 18.3 Å². The van der Waals surface area contributed by atoms with E-state index in [9.17, 15) is 22.4 Å². The molecule has 20 heavy (non-hydrogen) atoms. The number of Topliss-reactive ketones (excluding diaryl/α,β-unsaturated/α-hetero) is 1. The zero-order chi connectivity index (χ0) is 14.9. The highest BCUT2D eigenvalue weighted by Gasteiger charge is 2.39. The number of carbonyl (C=O) groups is 1. The number of rotatable bonds is 3. The Bertz CT molecular complexity index is 646. The molecule has 1 aromatic carbocycles. The highest BCUT2D eigenvalue weighted by molar-refractivity contribution is 5.99. The standard InChI is InChI=1S/C13H10F4N2O/c1-8-4-11(14)3-2-9(8)6-19-7-10(5-18-19)12(20)13(15,16)17/h2-5,7H,6H2,1H3. The molecular formula is C13H10F4N2O. The van der Waals surface area contributed by atoms with Crippen molar-refractivity contribution in [1.29, 1.82) is 0 Å². The van der Waals surface area contributed by atoms with Gasteiger partial charge in [0.2, 0.25) is 0 Å². The second-order valence-electron chi connectivity index (χ2n) is 4.32. The van der Waals surface area contributed by atoms with Crippen LogP contribution in [0, 0.1) is 12.7 Å². The molecule has 0 fully saturated rings. The van der Waals surface area contributed by atoms with Gasteiger partial charge in [-0.1, -0.05) is 6.07 Å². The lowest BCUT2D eigenvalue weighted by Gasteiger charge is -2.06. The first-order valence-corrected chi connectivity index (χ1v) is 5.66. The lowest BCUT2D eigenvalue weighted by atomic mass is 10.1. The summed E-state index contributed by atoms with van der Waals surface area (Å²) in [5.74, 6) is -2.32. The van der Waals surface area contributed by atoms with Crippen molar-refractivity contribution in [3.63, 3.8) is 0 Å². The number of halogens is 4. The molecule has 0 saturated carbocycles. The molecule has 0 unspecified atom stereocenters. The summed E-state index contributed by atoms with van der Waals surface area (Å²) in [5, 5.41) is 3.71. The Morgan fingerprint density at radius 1 is 1.35 bits per heavy atom. The number of hydrogen-bond acceptors (Lipinski definition) is 2. The first-order chi connectivity index (χ1) is 9.27. The van der Waals surface area contributed by atoms with Crippen molar-refractivity contribution < 1.29 is 22.4 Å². The maximum atomic E-state index is 12.9. The van der Waals surface area contributed by atoms with Crippen molar-refractivity contribution in [2.45, 2.75) is 19.6 Å². The van der Waals surface area contributed by atoms with Crippen LogP contribution < -0.4 is 0 Å². The number of hydrogen-bond donors (Lipinski definition) is 0. The molecule has 0 spiro atoms. The minimum Gasteiger partial charge on any atom is -0.284 e. The Hall–Kier alpha value is -2.18. The zero-order valence-corrected chi connectivity index (χ0v) is 10.4. The average Bonchev–Trinajstić information content (AvgIpc) is 2.79. The SMILES string of the molecule is Cc1cc(F)ccc1Cn1cc(C(=O)C(F)(F)F)cn1. The highest BCUT2D eigenvalue weighted by Crippen LogP contribution is 2.21. The highest BCUT2D eigenvalue weighted by atomic mass is 19.4. The molecule has 2 aromatic rings. The maximum Gasteiger partial charge on any atom is 0.454 e. The lowest BCUT2D eigenvalue weighted by Crippen LogP contribution is -2.22.